The van der Waals surface area contributed by atoms with E-state index in [4.69, 9.17) is 31.0 Å². The van der Waals surface area contributed by atoms with Gasteiger partial charge < -0.3 is 14.4 Å². The Morgan fingerprint density at radius 3 is 2.50 bits per heavy atom. The van der Waals surface area contributed by atoms with Gasteiger partial charge in [0.2, 0.25) is 5.95 Å². The number of rotatable bonds is 6. The Morgan fingerprint density at radius 2 is 1.84 bits per heavy atom. The smallest absolute Gasteiger partial charge is 0.226 e. The van der Waals surface area contributed by atoms with Gasteiger partial charge in [0.05, 0.1) is 29.0 Å². The number of anilines is 1. The molecule has 0 amide bonds. The summed E-state index contributed by atoms with van der Waals surface area (Å²) in [6.07, 6.45) is 1.06. The second kappa shape index (κ2) is 10.7. The van der Waals surface area contributed by atoms with Gasteiger partial charge in [0.1, 0.15) is 16.8 Å². The van der Waals surface area contributed by atoms with E-state index >= 15 is 0 Å². The standard InChI is InChI=1S/C29H31ClN4O3S/c1-17-16-22-26(38-27(32-22)21-10-11-31-28(33-21)34-12-14-36-15-13-34)24(19-6-8-20(30)9-7-19)23(17)25(18(2)35)37-29(3,4)5/h6-11,16,25H,12-15H2,1-5H3/t25-/m1/s1. The van der Waals surface area contributed by atoms with Crippen LogP contribution in [0.2, 0.25) is 5.02 Å². The number of hydrogen-bond donors (Lipinski definition) is 0. The topological polar surface area (TPSA) is 77.4 Å². The van der Waals surface area contributed by atoms with Crippen molar-refractivity contribution in [1.82, 2.24) is 15.0 Å². The molecule has 0 bridgehead atoms. The van der Waals surface area contributed by atoms with Gasteiger partial charge in [0.15, 0.2) is 5.78 Å². The molecule has 0 unspecified atom stereocenters. The predicted octanol–water partition coefficient (Wildman–Crippen LogP) is 6.66. The first-order valence-electron chi connectivity index (χ1n) is 12.6. The van der Waals surface area contributed by atoms with Gasteiger partial charge in [-0.3, -0.25) is 4.79 Å². The van der Waals surface area contributed by atoms with Crippen molar-refractivity contribution in [2.24, 2.45) is 0 Å². The summed E-state index contributed by atoms with van der Waals surface area (Å²) in [7, 11) is 0. The third kappa shape index (κ3) is 5.59. The van der Waals surface area contributed by atoms with Crippen molar-refractivity contribution >= 4 is 44.9 Å². The monoisotopic (exact) mass is 550 g/mol. The third-order valence-electron chi connectivity index (χ3n) is 6.32. The maximum atomic E-state index is 13.0. The Labute approximate surface area is 231 Å². The second-order valence-electron chi connectivity index (χ2n) is 10.4. The molecule has 5 rings (SSSR count). The number of thiazole rings is 1. The van der Waals surface area contributed by atoms with E-state index in [1.807, 2.05) is 64.1 Å². The van der Waals surface area contributed by atoms with Crippen LogP contribution in [0.1, 0.15) is 44.9 Å². The normalized spacial score (nSPS) is 15.2. The van der Waals surface area contributed by atoms with Crippen molar-refractivity contribution in [3.05, 3.63) is 58.7 Å². The maximum absolute atomic E-state index is 13.0. The molecule has 4 aromatic rings. The fourth-order valence-corrected chi connectivity index (χ4v) is 5.86. The highest BCUT2D eigenvalue weighted by Crippen LogP contribution is 2.44. The van der Waals surface area contributed by atoms with Crippen LogP contribution in [0.4, 0.5) is 5.95 Å². The molecule has 3 heterocycles. The number of carbonyl (C=O) groups excluding carboxylic acids is 1. The summed E-state index contributed by atoms with van der Waals surface area (Å²) in [4.78, 5) is 29.4. The molecule has 7 nitrogen and oxygen atoms in total. The van der Waals surface area contributed by atoms with Crippen LogP contribution in [-0.2, 0) is 14.3 Å². The quantitative estimate of drug-likeness (QED) is 0.265. The van der Waals surface area contributed by atoms with Gasteiger partial charge in [-0.05, 0) is 70.0 Å². The number of aromatic nitrogens is 3. The minimum Gasteiger partial charge on any atom is -0.378 e. The van der Waals surface area contributed by atoms with E-state index in [-0.39, 0.29) is 5.78 Å². The highest BCUT2D eigenvalue weighted by Gasteiger charge is 2.30. The van der Waals surface area contributed by atoms with Crippen molar-refractivity contribution < 1.29 is 14.3 Å². The molecule has 1 aliphatic heterocycles. The number of ketones is 1. The lowest BCUT2D eigenvalue weighted by Gasteiger charge is -2.29. The van der Waals surface area contributed by atoms with Gasteiger partial charge >= 0.3 is 0 Å². The second-order valence-corrected chi connectivity index (χ2v) is 11.9. The first kappa shape index (κ1) is 26.7. The average molecular weight is 551 g/mol. The molecule has 1 aliphatic rings. The molecule has 0 spiro atoms. The van der Waals surface area contributed by atoms with E-state index in [2.05, 4.69) is 9.88 Å². The van der Waals surface area contributed by atoms with Gasteiger partial charge in [-0.15, -0.1) is 11.3 Å². The molecule has 2 aromatic heterocycles. The predicted molar refractivity (Wildman–Crippen MR) is 153 cm³/mol. The number of benzene rings is 2. The van der Waals surface area contributed by atoms with E-state index < -0.39 is 11.7 Å². The van der Waals surface area contributed by atoms with Crippen molar-refractivity contribution in [2.75, 3.05) is 31.2 Å². The lowest BCUT2D eigenvalue weighted by atomic mass is 9.90. The summed E-state index contributed by atoms with van der Waals surface area (Å²) in [6.45, 7) is 12.3. The number of hydrogen-bond acceptors (Lipinski definition) is 8. The van der Waals surface area contributed by atoms with Gasteiger partial charge in [0, 0.05) is 35.4 Å². The lowest BCUT2D eigenvalue weighted by Crippen LogP contribution is -2.37. The van der Waals surface area contributed by atoms with Gasteiger partial charge in [-0.2, -0.15) is 0 Å². The summed E-state index contributed by atoms with van der Waals surface area (Å²) in [5, 5.41) is 1.44. The molecule has 1 atom stereocenters. The molecular weight excluding hydrogens is 520 g/mol. The number of ether oxygens (including phenoxy) is 2. The summed E-state index contributed by atoms with van der Waals surface area (Å²) in [5.41, 5.74) is 4.79. The first-order chi connectivity index (χ1) is 18.1. The highest BCUT2D eigenvalue weighted by molar-refractivity contribution is 7.22. The first-order valence-corrected chi connectivity index (χ1v) is 13.8. The van der Waals surface area contributed by atoms with Gasteiger partial charge in [0.25, 0.3) is 0 Å². The highest BCUT2D eigenvalue weighted by atomic mass is 35.5. The van der Waals surface area contributed by atoms with E-state index in [1.165, 1.54) is 0 Å². The number of fused-ring (bicyclic) bond motifs is 1. The Morgan fingerprint density at radius 1 is 1.13 bits per heavy atom. The molecule has 9 heteroatoms. The molecule has 38 heavy (non-hydrogen) atoms. The Bertz CT molecular complexity index is 1470. The molecule has 198 valence electrons. The fourth-order valence-electron chi connectivity index (χ4n) is 4.64. The van der Waals surface area contributed by atoms with Gasteiger partial charge in [-0.25, -0.2) is 15.0 Å². The van der Waals surface area contributed by atoms with Crippen LogP contribution in [0.15, 0.2) is 42.6 Å². The van der Waals surface area contributed by atoms with Gasteiger partial charge in [-0.1, -0.05) is 23.7 Å². The zero-order valence-corrected chi connectivity index (χ0v) is 23.8. The maximum Gasteiger partial charge on any atom is 0.226 e. The van der Waals surface area contributed by atoms with Crippen LogP contribution in [0.3, 0.4) is 0 Å². The Hall–Kier alpha value is -2.91. The third-order valence-corrected chi connectivity index (χ3v) is 7.68. The van der Waals surface area contributed by atoms with E-state index in [1.54, 1.807) is 24.5 Å². The number of Topliss-reactive ketones (excluding diaryl/α,β-unsaturated/α-hetero) is 1. The zero-order chi connectivity index (χ0) is 27.0. The van der Waals surface area contributed by atoms with E-state index in [0.29, 0.717) is 24.2 Å². The Balaban J connectivity index is 1.70. The Kier molecular flexibility index (Phi) is 7.51. The molecule has 1 fully saturated rings. The van der Waals surface area contributed by atoms with Crippen LogP contribution in [0.25, 0.3) is 32.0 Å². The zero-order valence-electron chi connectivity index (χ0n) is 22.2. The fraction of sp³-hybridized carbons (Fsp3) is 0.379. The van der Waals surface area contributed by atoms with Crippen molar-refractivity contribution in [3.8, 4) is 21.8 Å². The summed E-state index contributed by atoms with van der Waals surface area (Å²) in [5.74, 6) is 0.628. The van der Waals surface area contributed by atoms with Crippen LogP contribution in [0.5, 0.6) is 0 Å². The number of aryl methyl sites for hydroxylation is 1. The average Bonchev–Trinajstić information content (AvgIpc) is 3.31. The van der Waals surface area contributed by atoms with E-state index in [9.17, 15) is 4.79 Å². The molecule has 1 saturated heterocycles. The molecule has 0 saturated carbocycles. The van der Waals surface area contributed by atoms with Crippen molar-refractivity contribution in [3.63, 3.8) is 0 Å². The molecule has 2 aromatic carbocycles. The number of carbonyl (C=O) groups is 1. The molecular formula is C29H31ClN4O3S. The van der Waals surface area contributed by atoms with Crippen LogP contribution < -0.4 is 4.90 Å². The van der Waals surface area contributed by atoms with Crippen molar-refractivity contribution in [2.45, 2.75) is 46.3 Å². The van der Waals surface area contributed by atoms with E-state index in [0.717, 1.165) is 56.3 Å². The van der Waals surface area contributed by atoms with Crippen LogP contribution >= 0.6 is 22.9 Å². The minimum absolute atomic E-state index is 0.0479. The summed E-state index contributed by atoms with van der Waals surface area (Å²) >= 11 is 7.79. The van der Waals surface area contributed by atoms with Crippen molar-refractivity contribution in [1.29, 1.82) is 0 Å². The number of nitrogens with zero attached hydrogens (tertiary/aromatic N) is 4. The SMILES string of the molecule is CC(=O)[C@@H](OC(C)(C)C)c1c(C)cc2nc(-c3ccnc(N4CCOCC4)n3)sc2c1-c1ccc(Cl)cc1. The molecule has 0 radical (unpaired) electrons. The van der Waals surface area contributed by atoms with Crippen LogP contribution in [0, 0.1) is 6.92 Å². The van der Waals surface area contributed by atoms with Crippen LogP contribution in [-0.4, -0.2) is 52.6 Å². The molecule has 0 aliphatic carbocycles. The lowest BCUT2D eigenvalue weighted by molar-refractivity contribution is -0.138. The minimum atomic E-state index is -0.720. The largest absolute Gasteiger partial charge is 0.378 e. The number of halogens is 1. The summed E-state index contributed by atoms with van der Waals surface area (Å²) in [6, 6.07) is 11.6. The number of morpholine rings is 1. The molecule has 0 N–H and O–H groups in total. The summed E-state index contributed by atoms with van der Waals surface area (Å²) < 4.78 is 12.8.